The molecule has 3 saturated carbocycles. The predicted octanol–water partition coefficient (Wildman–Crippen LogP) is 3.23. The maximum atomic E-state index is 11.6. The Labute approximate surface area is 230 Å². The van der Waals surface area contributed by atoms with E-state index in [4.69, 9.17) is 35.3 Å². The Hall–Kier alpha value is -2.53. The molecule has 3 aliphatic carbocycles. The van der Waals surface area contributed by atoms with Crippen LogP contribution < -0.4 is 27.4 Å². The summed E-state index contributed by atoms with van der Waals surface area (Å²) in [7, 11) is 0. The molecular formula is C25H32BClN5O2S2. The van der Waals surface area contributed by atoms with E-state index in [0.29, 0.717) is 39.5 Å². The first-order chi connectivity index (χ1) is 16.7. The van der Waals surface area contributed by atoms with E-state index in [2.05, 4.69) is 28.2 Å². The van der Waals surface area contributed by atoms with E-state index < -0.39 is 5.24 Å². The lowest BCUT2D eigenvalue weighted by molar-refractivity contribution is 0.0976. The van der Waals surface area contributed by atoms with E-state index in [1.165, 1.54) is 25.7 Å². The normalized spacial score (nSPS) is 14.8. The highest BCUT2D eigenvalue weighted by Gasteiger charge is 2.22. The highest BCUT2D eigenvalue weighted by Crippen LogP contribution is 2.18. The molecule has 5 rings (SSSR count). The van der Waals surface area contributed by atoms with Crippen molar-refractivity contribution in [1.82, 2.24) is 16.0 Å². The van der Waals surface area contributed by atoms with Gasteiger partial charge in [-0.15, -0.1) is 0 Å². The number of halogens is 1. The van der Waals surface area contributed by atoms with Gasteiger partial charge in [0.1, 0.15) is 0 Å². The van der Waals surface area contributed by atoms with Crippen LogP contribution in [0.5, 0.6) is 0 Å². The van der Waals surface area contributed by atoms with E-state index >= 15 is 0 Å². The van der Waals surface area contributed by atoms with Crippen LogP contribution >= 0.6 is 36.0 Å². The summed E-state index contributed by atoms with van der Waals surface area (Å²) in [5.74, 6) is -0.159. The fourth-order valence-electron chi connectivity index (χ4n) is 2.31. The topological polar surface area (TPSA) is 122 Å². The fourth-order valence-corrected chi connectivity index (χ4v) is 2.86. The van der Waals surface area contributed by atoms with Crippen LogP contribution in [0.25, 0.3) is 0 Å². The molecule has 191 valence electrons. The first kappa shape index (κ1) is 31.5. The van der Waals surface area contributed by atoms with Crippen LogP contribution in [0.15, 0.2) is 60.7 Å². The Bertz CT molecular complexity index is 973. The standard InChI is InChI=1S/C11H12N2OS.C7H5ClO.C4H8N2S.C3H7N.B/c14-10(8-4-2-1-3-5-8)13-11(15)12-9-6-7-9;8-7(9)6-4-2-1-3-5-6;5-4(7)6-3-1-2-3;4-3-1-2-3;/h1-5,9H,6-7H2,(H2,12,13,14,15);1-5H;3H,1-2H2,(H3,5,6,7);3H,1-2,4H2;. The number of carbonyl (C=O) groups excluding carboxylic acids is 2. The zero-order valence-electron chi connectivity index (χ0n) is 20.0. The molecule has 3 aliphatic rings. The van der Waals surface area contributed by atoms with Crippen molar-refractivity contribution >= 4 is 65.8 Å². The van der Waals surface area contributed by atoms with Crippen molar-refractivity contribution in [2.24, 2.45) is 11.5 Å². The van der Waals surface area contributed by atoms with Crippen molar-refractivity contribution in [2.45, 2.75) is 56.7 Å². The average Bonchev–Trinajstić information content (AvgIpc) is 3.67. The highest BCUT2D eigenvalue weighted by atomic mass is 35.5. The van der Waals surface area contributed by atoms with E-state index in [-0.39, 0.29) is 14.3 Å². The average molecular weight is 545 g/mol. The maximum Gasteiger partial charge on any atom is 0.257 e. The summed E-state index contributed by atoms with van der Waals surface area (Å²) in [4.78, 5) is 22.0. The van der Waals surface area contributed by atoms with E-state index in [9.17, 15) is 9.59 Å². The van der Waals surface area contributed by atoms with Crippen LogP contribution in [0.1, 0.15) is 59.2 Å². The number of nitrogens with one attached hydrogen (secondary N) is 3. The van der Waals surface area contributed by atoms with Gasteiger partial charge in [0.2, 0.25) is 0 Å². The summed E-state index contributed by atoms with van der Waals surface area (Å²) in [5.41, 5.74) is 11.5. The maximum absolute atomic E-state index is 11.6. The molecule has 0 atom stereocenters. The molecule has 7 N–H and O–H groups in total. The third-order valence-corrected chi connectivity index (χ3v) is 5.28. The number of amides is 1. The van der Waals surface area contributed by atoms with Crippen molar-refractivity contribution in [1.29, 1.82) is 0 Å². The second-order valence-electron chi connectivity index (χ2n) is 8.33. The third kappa shape index (κ3) is 16.2. The van der Waals surface area contributed by atoms with Crippen molar-refractivity contribution < 1.29 is 9.59 Å². The van der Waals surface area contributed by atoms with Crippen LogP contribution in [0.2, 0.25) is 0 Å². The van der Waals surface area contributed by atoms with Crippen molar-refractivity contribution in [3.05, 3.63) is 71.8 Å². The molecule has 2 aromatic carbocycles. The number of benzene rings is 2. The molecule has 0 bridgehead atoms. The smallest absolute Gasteiger partial charge is 0.257 e. The van der Waals surface area contributed by atoms with Gasteiger partial charge in [-0.1, -0.05) is 48.5 Å². The van der Waals surface area contributed by atoms with E-state index in [1.807, 2.05) is 24.3 Å². The highest BCUT2D eigenvalue weighted by molar-refractivity contribution is 7.80. The minimum absolute atomic E-state index is 0. The SMILES string of the molecule is NC(=S)NC1CC1.NC1CC1.O=C(Cl)c1ccccc1.O=C(NC(=S)NC1CC1)c1ccccc1.[B]. The molecule has 1 amide bonds. The molecule has 0 spiro atoms. The van der Waals surface area contributed by atoms with Crippen LogP contribution in [-0.2, 0) is 0 Å². The van der Waals surface area contributed by atoms with Gasteiger partial charge in [0.15, 0.2) is 10.2 Å². The van der Waals surface area contributed by atoms with Gasteiger partial charge < -0.3 is 22.1 Å². The molecule has 36 heavy (non-hydrogen) atoms. The Balaban J connectivity index is 0.000000263. The molecule has 7 nitrogen and oxygen atoms in total. The minimum Gasteiger partial charge on any atom is -0.376 e. The Morgan fingerprint density at radius 2 is 1.19 bits per heavy atom. The quantitative estimate of drug-likeness (QED) is 0.226. The lowest BCUT2D eigenvalue weighted by atomic mass is 10.2. The van der Waals surface area contributed by atoms with Gasteiger partial charge in [0, 0.05) is 37.7 Å². The Morgan fingerprint density at radius 1 is 0.778 bits per heavy atom. The summed E-state index contributed by atoms with van der Waals surface area (Å²) in [6.45, 7) is 0. The molecule has 0 aromatic heterocycles. The Morgan fingerprint density at radius 3 is 1.50 bits per heavy atom. The summed E-state index contributed by atoms with van der Waals surface area (Å²) in [6.07, 6.45) is 7.28. The van der Waals surface area contributed by atoms with Gasteiger partial charge >= 0.3 is 0 Å². The van der Waals surface area contributed by atoms with Gasteiger partial charge in [-0.25, -0.2) is 0 Å². The minimum atomic E-state index is -0.407. The molecule has 3 radical (unpaired) electrons. The largest absolute Gasteiger partial charge is 0.376 e. The lowest BCUT2D eigenvalue weighted by Gasteiger charge is -2.07. The predicted molar refractivity (Wildman–Crippen MR) is 155 cm³/mol. The summed E-state index contributed by atoms with van der Waals surface area (Å²) in [5, 5.41) is 9.08. The lowest BCUT2D eigenvalue weighted by Crippen LogP contribution is -2.40. The fraction of sp³-hybridized carbons (Fsp3) is 0.360. The van der Waals surface area contributed by atoms with Gasteiger partial charge in [0.25, 0.3) is 11.1 Å². The van der Waals surface area contributed by atoms with E-state index in [1.54, 1.807) is 36.4 Å². The second-order valence-corrected chi connectivity index (χ2v) is 9.52. The van der Waals surface area contributed by atoms with Crippen LogP contribution in [-0.4, -0.2) is 47.9 Å². The zero-order valence-corrected chi connectivity index (χ0v) is 22.4. The van der Waals surface area contributed by atoms with Crippen molar-refractivity contribution in [3.8, 4) is 0 Å². The van der Waals surface area contributed by atoms with Gasteiger partial charge in [-0.05, 0) is 86.7 Å². The Kier molecular flexibility index (Phi) is 14.9. The number of hydrogen-bond acceptors (Lipinski definition) is 5. The summed E-state index contributed by atoms with van der Waals surface area (Å²) >= 11 is 14.7. The van der Waals surface area contributed by atoms with Crippen LogP contribution in [0, 0.1) is 0 Å². The van der Waals surface area contributed by atoms with E-state index in [0.717, 1.165) is 12.8 Å². The van der Waals surface area contributed by atoms with Gasteiger partial charge in [-0.3, -0.25) is 14.9 Å². The van der Waals surface area contributed by atoms with Gasteiger partial charge in [-0.2, -0.15) is 0 Å². The molecule has 0 heterocycles. The first-order valence-corrected chi connectivity index (χ1v) is 12.7. The number of hydrogen-bond donors (Lipinski definition) is 5. The van der Waals surface area contributed by atoms with Crippen molar-refractivity contribution in [2.75, 3.05) is 0 Å². The monoisotopic (exact) mass is 544 g/mol. The first-order valence-electron chi connectivity index (χ1n) is 11.5. The van der Waals surface area contributed by atoms with Crippen LogP contribution in [0.3, 0.4) is 0 Å². The zero-order chi connectivity index (χ0) is 25.6. The molecule has 2 aromatic rings. The number of nitrogens with two attached hydrogens (primary N) is 2. The third-order valence-electron chi connectivity index (χ3n) is 4.72. The molecular weight excluding hydrogens is 513 g/mol. The van der Waals surface area contributed by atoms with Crippen LogP contribution in [0.4, 0.5) is 0 Å². The summed E-state index contributed by atoms with van der Waals surface area (Å²) in [6, 6.07) is 19.4. The number of carbonyl (C=O) groups is 2. The molecule has 3 fully saturated rings. The van der Waals surface area contributed by atoms with Gasteiger partial charge in [0.05, 0.1) is 0 Å². The molecule has 0 aliphatic heterocycles. The second kappa shape index (κ2) is 17.0. The number of rotatable bonds is 4. The van der Waals surface area contributed by atoms with Crippen molar-refractivity contribution in [3.63, 3.8) is 0 Å². The molecule has 0 unspecified atom stereocenters. The molecule has 11 heteroatoms. The number of thiocarbonyl (C=S) groups is 2. The summed E-state index contributed by atoms with van der Waals surface area (Å²) < 4.78 is 0. The molecule has 0 saturated heterocycles.